The highest BCUT2D eigenvalue weighted by Crippen LogP contribution is 2.21. The lowest BCUT2D eigenvalue weighted by atomic mass is 10.0. The first-order chi connectivity index (χ1) is 7.42. The van der Waals surface area contributed by atoms with Gasteiger partial charge < -0.3 is 10.3 Å². The Balaban J connectivity index is 2.30. The topological polar surface area (TPSA) is 27.8 Å². The number of hydrogen-bond donors (Lipinski definition) is 2. The van der Waals surface area contributed by atoms with Crippen LogP contribution in [0.4, 0.5) is 0 Å². The van der Waals surface area contributed by atoms with Crippen molar-refractivity contribution < 1.29 is 0 Å². The Morgan fingerprint density at radius 1 is 1.13 bits per heavy atom. The quantitative estimate of drug-likeness (QED) is 0.780. The predicted molar refractivity (Wildman–Crippen MR) is 63.6 cm³/mol. The highest BCUT2D eigenvalue weighted by molar-refractivity contribution is 5.63. The molecule has 0 atom stereocenters. The minimum Gasteiger partial charge on any atom is -0.361 e. The molecule has 0 saturated heterocycles. The van der Waals surface area contributed by atoms with Gasteiger partial charge in [-0.05, 0) is 24.2 Å². The van der Waals surface area contributed by atoms with Crippen LogP contribution in [-0.2, 0) is 6.54 Å². The molecule has 0 bridgehead atoms. The Labute approximate surface area is 90.3 Å². The number of rotatable bonds is 4. The number of benzene rings is 1. The van der Waals surface area contributed by atoms with Gasteiger partial charge in [-0.3, -0.25) is 0 Å². The number of aromatic nitrogens is 1. The zero-order chi connectivity index (χ0) is 10.5. The number of hydrogen-bond acceptors (Lipinski definition) is 1. The first-order valence-electron chi connectivity index (χ1n) is 5.34. The van der Waals surface area contributed by atoms with Crippen molar-refractivity contribution in [1.82, 2.24) is 10.3 Å². The second kappa shape index (κ2) is 4.80. The maximum atomic E-state index is 3.35. The fraction of sp³-hybridized carbons (Fsp3) is 0.231. The van der Waals surface area contributed by atoms with Gasteiger partial charge in [0.05, 0.1) is 0 Å². The monoisotopic (exact) mass is 200 g/mol. The molecule has 2 rings (SSSR count). The van der Waals surface area contributed by atoms with Gasteiger partial charge in [-0.2, -0.15) is 0 Å². The van der Waals surface area contributed by atoms with E-state index in [4.69, 9.17) is 0 Å². The minimum absolute atomic E-state index is 0.922. The lowest BCUT2D eigenvalue weighted by molar-refractivity contribution is 0.728. The van der Waals surface area contributed by atoms with Gasteiger partial charge in [0.25, 0.3) is 0 Å². The molecular weight excluding hydrogens is 184 g/mol. The molecule has 0 spiro atoms. The average molecular weight is 200 g/mol. The molecule has 2 N–H and O–H groups in total. The summed E-state index contributed by atoms with van der Waals surface area (Å²) >= 11 is 0. The third-order valence-electron chi connectivity index (χ3n) is 2.47. The summed E-state index contributed by atoms with van der Waals surface area (Å²) in [5.41, 5.74) is 3.80. The third kappa shape index (κ3) is 2.28. The average Bonchev–Trinajstić information content (AvgIpc) is 2.80. The van der Waals surface area contributed by atoms with Crippen molar-refractivity contribution in [3.05, 3.63) is 48.2 Å². The van der Waals surface area contributed by atoms with Crippen LogP contribution in [0.1, 0.15) is 12.5 Å². The molecule has 2 heteroatoms. The molecule has 0 radical (unpaired) electrons. The Hall–Kier alpha value is -1.54. The van der Waals surface area contributed by atoms with E-state index in [1.165, 1.54) is 16.8 Å². The Morgan fingerprint density at radius 3 is 2.73 bits per heavy atom. The summed E-state index contributed by atoms with van der Waals surface area (Å²) in [6, 6.07) is 12.6. The minimum atomic E-state index is 0.922. The molecule has 15 heavy (non-hydrogen) atoms. The normalized spacial score (nSPS) is 10.5. The SMILES string of the molecule is CCNCc1ccccc1-c1ccc[nH]1. The van der Waals surface area contributed by atoms with E-state index >= 15 is 0 Å². The second-order valence-electron chi connectivity index (χ2n) is 3.52. The van der Waals surface area contributed by atoms with Crippen LogP contribution < -0.4 is 5.32 Å². The molecule has 2 aromatic rings. The number of aromatic amines is 1. The Kier molecular flexibility index (Phi) is 3.20. The van der Waals surface area contributed by atoms with Gasteiger partial charge in [-0.1, -0.05) is 31.2 Å². The summed E-state index contributed by atoms with van der Waals surface area (Å²) in [5, 5.41) is 3.35. The summed E-state index contributed by atoms with van der Waals surface area (Å²) < 4.78 is 0. The molecule has 0 saturated carbocycles. The highest BCUT2D eigenvalue weighted by atomic mass is 14.8. The van der Waals surface area contributed by atoms with Crippen molar-refractivity contribution in [1.29, 1.82) is 0 Å². The molecular formula is C13H16N2. The van der Waals surface area contributed by atoms with E-state index < -0.39 is 0 Å². The number of H-pyrrole nitrogens is 1. The second-order valence-corrected chi connectivity index (χ2v) is 3.52. The standard InChI is InChI=1S/C13H16N2/c1-2-14-10-11-6-3-4-7-12(11)13-8-5-9-15-13/h3-9,14-15H,2,10H2,1H3. The Morgan fingerprint density at radius 2 is 2.00 bits per heavy atom. The lowest BCUT2D eigenvalue weighted by Gasteiger charge is -2.08. The largest absolute Gasteiger partial charge is 0.361 e. The number of nitrogens with one attached hydrogen (secondary N) is 2. The summed E-state index contributed by atoms with van der Waals surface area (Å²) in [7, 11) is 0. The molecule has 0 unspecified atom stereocenters. The molecule has 0 aliphatic rings. The lowest BCUT2D eigenvalue weighted by Crippen LogP contribution is -2.12. The van der Waals surface area contributed by atoms with Crippen molar-refractivity contribution in [2.45, 2.75) is 13.5 Å². The molecule has 0 aliphatic carbocycles. The molecule has 0 amide bonds. The summed E-state index contributed by atoms with van der Waals surface area (Å²) in [6.45, 7) is 4.04. The first-order valence-corrected chi connectivity index (χ1v) is 5.34. The van der Waals surface area contributed by atoms with Crippen LogP contribution in [0.5, 0.6) is 0 Å². The van der Waals surface area contributed by atoms with Crippen molar-refractivity contribution >= 4 is 0 Å². The molecule has 1 aromatic heterocycles. The van der Waals surface area contributed by atoms with Gasteiger partial charge in [0.2, 0.25) is 0 Å². The van der Waals surface area contributed by atoms with Crippen molar-refractivity contribution in [2.24, 2.45) is 0 Å². The van der Waals surface area contributed by atoms with Crippen LogP contribution >= 0.6 is 0 Å². The van der Waals surface area contributed by atoms with E-state index in [1.54, 1.807) is 0 Å². The van der Waals surface area contributed by atoms with Gasteiger partial charge in [0.15, 0.2) is 0 Å². The van der Waals surface area contributed by atoms with Crippen LogP contribution in [0, 0.1) is 0 Å². The smallest absolute Gasteiger partial charge is 0.0457 e. The van der Waals surface area contributed by atoms with Gasteiger partial charge in [-0.25, -0.2) is 0 Å². The van der Waals surface area contributed by atoms with E-state index in [2.05, 4.69) is 47.6 Å². The first kappa shape index (κ1) is 9.99. The zero-order valence-corrected chi connectivity index (χ0v) is 8.96. The molecule has 1 heterocycles. The van der Waals surface area contributed by atoms with Crippen molar-refractivity contribution in [3.63, 3.8) is 0 Å². The maximum Gasteiger partial charge on any atom is 0.0457 e. The van der Waals surface area contributed by atoms with Gasteiger partial charge in [-0.15, -0.1) is 0 Å². The van der Waals surface area contributed by atoms with Crippen LogP contribution in [0.3, 0.4) is 0 Å². The maximum absolute atomic E-state index is 3.35. The van der Waals surface area contributed by atoms with Crippen LogP contribution in [0.2, 0.25) is 0 Å². The van der Waals surface area contributed by atoms with Crippen LogP contribution in [0.15, 0.2) is 42.6 Å². The summed E-state index contributed by atoms with van der Waals surface area (Å²) in [5.74, 6) is 0. The molecule has 78 valence electrons. The van der Waals surface area contributed by atoms with Crippen molar-refractivity contribution in [3.8, 4) is 11.3 Å². The summed E-state index contributed by atoms with van der Waals surface area (Å²) in [6.07, 6.45) is 1.96. The molecule has 2 nitrogen and oxygen atoms in total. The van der Waals surface area contributed by atoms with Crippen molar-refractivity contribution in [2.75, 3.05) is 6.54 Å². The molecule has 0 fully saturated rings. The van der Waals surface area contributed by atoms with E-state index in [9.17, 15) is 0 Å². The highest BCUT2D eigenvalue weighted by Gasteiger charge is 2.03. The fourth-order valence-corrected chi connectivity index (χ4v) is 1.69. The summed E-state index contributed by atoms with van der Waals surface area (Å²) in [4.78, 5) is 3.24. The van der Waals surface area contributed by atoms with E-state index in [0.717, 1.165) is 13.1 Å². The van der Waals surface area contributed by atoms with E-state index in [-0.39, 0.29) is 0 Å². The Bertz CT molecular complexity index is 404. The van der Waals surface area contributed by atoms with Gasteiger partial charge in [0, 0.05) is 24.0 Å². The molecule has 0 aliphatic heterocycles. The van der Waals surface area contributed by atoms with E-state index in [1.807, 2.05) is 12.3 Å². The van der Waals surface area contributed by atoms with Gasteiger partial charge >= 0.3 is 0 Å². The fourth-order valence-electron chi connectivity index (χ4n) is 1.69. The van der Waals surface area contributed by atoms with Crippen LogP contribution in [-0.4, -0.2) is 11.5 Å². The zero-order valence-electron chi connectivity index (χ0n) is 8.96. The third-order valence-corrected chi connectivity index (χ3v) is 2.47. The molecule has 1 aromatic carbocycles. The van der Waals surface area contributed by atoms with Crippen LogP contribution in [0.25, 0.3) is 11.3 Å². The van der Waals surface area contributed by atoms with E-state index in [0.29, 0.717) is 0 Å². The predicted octanol–water partition coefficient (Wildman–Crippen LogP) is 2.79. The van der Waals surface area contributed by atoms with Gasteiger partial charge in [0.1, 0.15) is 0 Å².